The zero-order chi connectivity index (χ0) is 15.3. The average Bonchev–Trinajstić information content (AvgIpc) is 2.44. The van der Waals surface area contributed by atoms with Crippen LogP contribution < -0.4 is 0 Å². The third kappa shape index (κ3) is 4.10. The third-order valence-corrected chi connectivity index (χ3v) is 2.80. The van der Waals surface area contributed by atoms with Gasteiger partial charge in [0.1, 0.15) is 18.3 Å². The lowest BCUT2D eigenvalue weighted by atomic mass is 9.96. The summed E-state index contributed by atoms with van der Waals surface area (Å²) in [5, 5.41) is 46.0. The number of aliphatic hydroxyl groups is 4. The predicted octanol–water partition coefficient (Wildman–Crippen LogP) is -1.67. The molecule has 20 heavy (non-hydrogen) atoms. The van der Waals surface area contributed by atoms with E-state index in [0.717, 1.165) is 0 Å². The predicted molar refractivity (Wildman–Crippen MR) is 66.8 cm³/mol. The van der Waals surface area contributed by atoms with Crippen LogP contribution in [0.25, 0.3) is 0 Å². The van der Waals surface area contributed by atoms with Gasteiger partial charge in [0.05, 0.1) is 0 Å². The Kier molecular flexibility index (Phi) is 5.78. The summed E-state index contributed by atoms with van der Waals surface area (Å²) in [5.41, 5.74) is 0.594. The monoisotopic (exact) mass is 284 g/mol. The molecule has 0 radical (unpaired) electrons. The van der Waals surface area contributed by atoms with E-state index in [-0.39, 0.29) is 6.42 Å². The van der Waals surface area contributed by atoms with E-state index in [2.05, 4.69) is 0 Å². The smallest absolute Gasteiger partial charge is 0.335 e. The van der Waals surface area contributed by atoms with Crippen molar-refractivity contribution in [2.24, 2.45) is 0 Å². The maximum absolute atomic E-state index is 11.7. The molecule has 0 aromatic heterocycles. The van der Waals surface area contributed by atoms with E-state index >= 15 is 0 Å². The fourth-order valence-electron chi connectivity index (χ4n) is 1.61. The molecule has 1 rings (SSSR count). The summed E-state index contributed by atoms with van der Waals surface area (Å²) in [6.45, 7) is 0. The lowest BCUT2D eigenvalue weighted by Crippen LogP contribution is -2.50. The third-order valence-electron chi connectivity index (χ3n) is 2.80. The van der Waals surface area contributed by atoms with Crippen molar-refractivity contribution in [3.63, 3.8) is 0 Å². The molecule has 4 atom stereocenters. The van der Waals surface area contributed by atoms with Gasteiger partial charge in [0.2, 0.25) is 0 Å². The Morgan fingerprint density at radius 2 is 1.40 bits per heavy atom. The zero-order valence-electron chi connectivity index (χ0n) is 10.5. The van der Waals surface area contributed by atoms with E-state index in [1.54, 1.807) is 30.3 Å². The Hall–Kier alpha value is -1.80. The van der Waals surface area contributed by atoms with Gasteiger partial charge in [-0.1, -0.05) is 30.3 Å². The van der Waals surface area contributed by atoms with Crippen molar-refractivity contribution in [2.45, 2.75) is 30.8 Å². The molecule has 0 unspecified atom stereocenters. The number of carbonyl (C=O) groups is 2. The van der Waals surface area contributed by atoms with E-state index in [1.807, 2.05) is 0 Å². The van der Waals surface area contributed by atoms with Crippen molar-refractivity contribution in [3.8, 4) is 0 Å². The molecule has 0 aliphatic heterocycles. The second-order valence-corrected chi connectivity index (χ2v) is 4.34. The first-order valence-electron chi connectivity index (χ1n) is 5.86. The fraction of sp³-hybridized carbons (Fsp3) is 0.385. The first kappa shape index (κ1) is 16.3. The molecule has 0 amide bonds. The highest BCUT2D eigenvalue weighted by Crippen LogP contribution is 2.09. The highest BCUT2D eigenvalue weighted by Gasteiger charge is 2.37. The van der Waals surface area contributed by atoms with Crippen LogP contribution in [0.5, 0.6) is 0 Å². The van der Waals surface area contributed by atoms with Crippen LogP contribution in [0.3, 0.4) is 0 Å². The second kappa shape index (κ2) is 7.11. The van der Waals surface area contributed by atoms with Crippen molar-refractivity contribution < 1.29 is 35.1 Å². The largest absolute Gasteiger partial charge is 0.479 e. The summed E-state index contributed by atoms with van der Waals surface area (Å²) >= 11 is 0. The molecule has 0 heterocycles. The summed E-state index contributed by atoms with van der Waals surface area (Å²) in [6.07, 6.45) is -8.71. The number of aliphatic carboxylic acids is 1. The van der Waals surface area contributed by atoms with E-state index in [0.29, 0.717) is 5.56 Å². The average molecular weight is 284 g/mol. The first-order chi connectivity index (χ1) is 9.34. The van der Waals surface area contributed by atoms with Crippen LogP contribution >= 0.6 is 0 Å². The van der Waals surface area contributed by atoms with Crippen LogP contribution in [0, 0.1) is 0 Å². The van der Waals surface area contributed by atoms with Crippen LogP contribution in [0.4, 0.5) is 0 Å². The Morgan fingerprint density at radius 3 is 1.90 bits per heavy atom. The molecule has 0 aliphatic carbocycles. The van der Waals surface area contributed by atoms with E-state index in [4.69, 9.17) is 10.2 Å². The van der Waals surface area contributed by atoms with Gasteiger partial charge in [-0.3, -0.25) is 4.79 Å². The maximum Gasteiger partial charge on any atom is 0.335 e. The summed E-state index contributed by atoms with van der Waals surface area (Å²) in [5.74, 6) is -2.56. The maximum atomic E-state index is 11.7. The molecule has 0 spiro atoms. The van der Waals surface area contributed by atoms with Gasteiger partial charge in [0.15, 0.2) is 11.9 Å². The highest BCUT2D eigenvalue weighted by atomic mass is 16.4. The SMILES string of the molecule is O=C(O)[C@@H](O)[C@@H](O)[C@H](O)[C@@H](O)C(=O)Cc1ccccc1. The Balaban J connectivity index is 2.66. The summed E-state index contributed by atoms with van der Waals surface area (Å²) < 4.78 is 0. The molecule has 0 saturated carbocycles. The van der Waals surface area contributed by atoms with Gasteiger partial charge in [0.25, 0.3) is 0 Å². The molecule has 0 aliphatic rings. The quantitative estimate of drug-likeness (QED) is 0.404. The van der Waals surface area contributed by atoms with Crippen LogP contribution in [0.2, 0.25) is 0 Å². The molecule has 0 fully saturated rings. The molecule has 7 heteroatoms. The van der Waals surface area contributed by atoms with E-state index in [1.165, 1.54) is 0 Å². The summed E-state index contributed by atoms with van der Waals surface area (Å²) in [6, 6.07) is 8.40. The van der Waals surface area contributed by atoms with Crippen molar-refractivity contribution in [1.29, 1.82) is 0 Å². The lowest BCUT2D eigenvalue weighted by molar-refractivity contribution is -0.165. The van der Waals surface area contributed by atoms with Gasteiger partial charge < -0.3 is 25.5 Å². The summed E-state index contributed by atoms with van der Waals surface area (Å²) in [7, 11) is 0. The number of rotatable bonds is 7. The van der Waals surface area contributed by atoms with Gasteiger partial charge in [-0.2, -0.15) is 0 Å². The minimum Gasteiger partial charge on any atom is -0.479 e. The Morgan fingerprint density at radius 1 is 0.900 bits per heavy atom. The van der Waals surface area contributed by atoms with Gasteiger partial charge >= 0.3 is 5.97 Å². The van der Waals surface area contributed by atoms with Crippen LogP contribution in [-0.4, -0.2) is 61.7 Å². The Bertz CT molecular complexity index is 459. The topological polar surface area (TPSA) is 135 Å². The molecule has 0 saturated heterocycles. The van der Waals surface area contributed by atoms with E-state index in [9.17, 15) is 24.9 Å². The lowest BCUT2D eigenvalue weighted by Gasteiger charge is -2.23. The standard InChI is InChI=1S/C13H16O7/c14-8(6-7-4-2-1-3-5-7)9(15)10(16)11(17)12(18)13(19)20/h1-5,9-12,15-18H,6H2,(H,19,20)/t9-,10+,11-,12-/m0/s1. The molecular formula is C13H16O7. The highest BCUT2D eigenvalue weighted by molar-refractivity contribution is 5.85. The van der Waals surface area contributed by atoms with Gasteiger partial charge in [-0.15, -0.1) is 0 Å². The van der Waals surface area contributed by atoms with Crippen LogP contribution in [0.1, 0.15) is 5.56 Å². The summed E-state index contributed by atoms with van der Waals surface area (Å²) in [4.78, 5) is 22.1. The normalized spacial score (nSPS) is 17.0. The number of hydrogen-bond donors (Lipinski definition) is 5. The number of carboxylic acid groups (broad SMARTS) is 1. The number of Topliss-reactive ketones (excluding diaryl/α,β-unsaturated/α-hetero) is 1. The van der Waals surface area contributed by atoms with Gasteiger partial charge in [0, 0.05) is 6.42 Å². The number of hydrogen-bond acceptors (Lipinski definition) is 6. The number of ketones is 1. The van der Waals surface area contributed by atoms with Gasteiger partial charge in [-0.25, -0.2) is 4.79 Å². The molecule has 0 bridgehead atoms. The molecule has 1 aromatic carbocycles. The number of benzene rings is 1. The number of carbonyl (C=O) groups excluding carboxylic acids is 1. The van der Waals surface area contributed by atoms with Crippen LogP contribution in [-0.2, 0) is 16.0 Å². The molecular weight excluding hydrogens is 268 g/mol. The zero-order valence-corrected chi connectivity index (χ0v) is 10.5. The number of aliphatic hydroxyl groups excluding tert-OH is 4. The molecule has 110 valence electrons. The van der Waals surface area contributed by atoms with Crippen LogP contribution in [0.15, 0.2) is 30.3 Å². The molecule has 1 aromatic rings. The van der Waals surface area contributed by atoms with Crippen molar-refractivity contribution >= 4 is 11.8 Å². The minimum absolute atomic E-state index is 0.186. The van der Waals surface area contributed by atoms with Crippen molar-refractivity contribution in [1.82, 2.24) is 0 Å². The fourth-order valence-corrected chi connectivity index (χ4v) is 1.61. The first-order valence-corrected chi connectivity index (χ1v) is 5.86. The Labute approximate surface area is 114 Å². The van der Waals surface area contributed by atoms with E-state index < -0.39 is 36.2 Å². The van der Waals surface area contributed by atoms with Crippen molar-refractivity contribution in [2.75, 3.05) is 0 Å². The minimum atomic E-state index is -2.29. The molecule has 5 N–H and O–H groups in total. The number of carboxylic acids is 1. The van der Waals surface area contributed by atoms with Crippen molar-refractivity contribution in [3.05, 3.63) is 35.9 Å². The van der Waals surface area contributed by atoms with Gasteiger partial charge in [-0.05, 0) is 5.56 Å². The second-order valence-electron chi connectivity index (χ2n) is 4.34. The molecule has 7 nitrogen and oxygen atoms in total.